The molecule has 2 aromatic rings. The largest absolute Gasteiger partial charge is 1.00 e. The minimum atomic E-state index is -1.28. The molecule has 1 aliphatic rings. The van der Waals surface area contributed by atoms with E-state index in [1.54, 1.807) is 12.1 Å². The molecule has 1 heterocycles. The summed E-state index contributed by atoms with van der Waals surface area (Å²) in [6, 6.07) is 10.4. The van der Waals surface area contributed by atoms with Crippen molar-refractivity contribution in [2.45, 2.75) is 38.5 Å². The van der Waals surface area contributed by atoms with Crippen molar-refractivity contribution in [3.63, 3.8) is 0 Å². The Balaban J connectivity index is 0.00000243. The second-order valence-electron chi connectivity index (χ2n) is 6.55. The monoisotopic (exact) mass is 381 g/mol. The molecular weight excluding hydrogens is 361 g/mol. The Morgan fingerprint density at radius 1 is 1.19 bits per heavy atom. The maximum atomic E-state index is 11.0. The van der Waals surface area contributed by atoms with Gasteiger partial charge in [-0.1, -0.05) is 36.9 Å². The van der Waals surface area contributed by atoms with Gasteiger partial charge in [0, 0.05) is 22.7 Å². The van der Waals surface area contributed by atoms with Crippen molar-refractivity contribution >= 4 is 17.6 Å². The van der Waals surface area contributed by atoms with Crippen molar-refractivity contribution in [2.75, 3.05) is 6.61 Å². The van der Waals surface area contributed by atoms with Crippen molar-refractivity contribution in [1.29, 1.82) is 0 Å². The molecule has 1 aromatic heterocycles. The fraction of sp³-hybridized carbons (Fsp3) is 0.400. The molecule has 0 atom stereocenters. The minimum Gasteiger partial charge on any atom is -0.543 e. The zero-order chi connectivity index (χ0) is 17.6. The molecule has 0 amide bonds. The summed E-state index contributed by atoms with van der Waals surface area (Å²) in [5.41, 5.74) is 1.49. The van der Waals surface area contributed by atoms with Gasteiger partial charge < -0.3 is 14.6 Å². The van der Waals surface area contributed by atoms with Crippen molar-refractivity contribution in [3.8, 4) is 5.75 Å². The Bertz CT molecular complexity index is 748. The first-order chi connectivity index (χ1) is 12.1. The van der Waals surface area contributed by atoms with E-state index >= 15 is 0 Å². The minimum absolute atomic E-state index is 0. The van der Waals surface area contributed by atoms with E-state index in [0.717, 1.165) is 11.3 Å². The second kappa shape index (κ2) is 10.3. The van der Waals surface area contributed by atoms with E-state index in [1.165, 1.54) is 38.2 Å². The molecule has 0 N–H and O–H groups in total. The molecule has 0 spiro atoms. The molecule has 4 nitrogen and oxygen atoms in total. The molecule has 1 aliphatic carbocycles. The zero-order valence-corrected chi connectivity index (χ0v) is 17.8. The summed E-state index contributed by atoms with van der Waals surface area (Å²) in [5, 5.41) is 11.6. The van der Waals surface area contributed by atoms with E-state index in [-0.39, 0.29) is 35.3 Å². The average molecular weight is 382 g/mol. The number of aromatic nitrogens is 1. The van der Waals surface area contributed by atoms with Gasteiger partial charge in [-0.3, -0.25) is 4.98 Å². The molecule has 0 saturated heterocycles. The quantitative estimate of drug-likeness (QED) is 0.689. The van der Waals surface area contributed by atoms with E-state index in [9.17, 15) is 9.90 Å². The molecule has 1 saturated carbocycles. The van der Waals surface area contributed by atoms with Crippen molar-refractivity contribution < 1.29 is 44.2 Å². The van der Waals surface area contributed by atoms with E-state index in [2.05, 4.69) is 4.98 Å². The average Bonchev–Trinajstić information content (AvgIpc) is 2.62. The number of nitrogens with zero attached hydrogens (tertiary/aromatic N) is 1. The number of carbonyl (C=O) groups excluding carboxylic acids is 1. The van der Waals surface area contributed by atoms with Gasteiger partial charge in [0.05, 0.1) is 18.3 Å². The molecule has 26 heavy (non-hydrogen) atoms. The molecule has 0 radical (unpaired) electrons. The molecule has 1 aromatic carbocycles. The van der Waals surface area contributed by atoms with Gasteiger partial charge in [-0.15, -0.1) is 0 Å². The van der Waals surface area contributed by atoms with Crippen molar-refractivity contribution in [2.24, 2.45) is 5.92 Å². The summed E-state index contributed by atoms with van der Waals surface area (Å²) in [7, 11) is 0. The number of carbonyl (C=O) groups is 1. The number of halogens is 1. The Labute approximate surface area is 181 Å². The predicted molar refractivity (Wildman–Crippen MR) is 94.9 cm³/mol. The van der Waals surface area contributed by atoms with Gasteiger partial charge in [-0.05, 0) is 49.1 Å². The molecule has 132 valence electrons. The van der Waals surface area contributed by atoms with Crippen LogP contribution in [0.3, 0.4) is 0 Å². The summed E-state index contributed by atoms with van der Waals surface area (Å²) >= 11 is 6.13. The molecule has 3 rings (SSSR count). The fourth-order valence-electron chi connectivity index (χ4n) is 3.28. The third kappa shape index (κ3) is 5.98. The van der Waals surface area contributed by atoms with Gasteiger partial charge in [-0.25, -0.2) is 0 Å². The second-order valence-corrected chi connectivity index (χ2v) is 6.98. The topological polar surface area (TPSA) is 62.2 Å². The fourth-order valence-corrected chi connectivity index (χ4v) is 3.47. The third-order valence-electron chi connectivity index (χ3n) is 4.61. The van der Waals surface area contributed by atoms with Gasteiger partial charge in [0.15, 0.2) is 0 Å². The number of rotatable bonds is 6. The smallest absolute Gasteiger partial charge is 0.543 e. The molecule has 0 aliphatic heterocycles. The molecular formula is C20H21ClNNaO3. The zero-order valence-electron chi connectivity index (χ0n) is 15.0. The summed E-state index contributed by atoms with van der Waals surface area (Å²) in [6.45, 7) is 0.709. The first-order valence-corrected chi connectivity index (χ1v) is 9.08. The Kier molecular flexibility index (Phi) is 8.42. The standard InChI is InChI=1S/C20H22ClNO3.Na/c21-16-9-10-19(25-13-14-5-2-1-3-6-14)15(11-16)12-17-7-4-8-18(22-17)20(23)24;/h4,7-11,14H,1-3,5-6,12-13H2,(H,23,24);/q;+1/p-1. The van der Waals surface area contributed by atoms with Gasteiger partial charge in [0.1, 0.15) is 5.75 Å². The number of pyridine rings is 1. The Morgan fingerprint density at radius 2 is 1.96 bits per heavy atom. The summed E-state index contributed by atoms with van der Waals surface area (Å²) in [6.07, 6.45) is 6.78. The van der Waals surface area contributed by atoms with E-state index in [4.69, 9.17) is 16.3 Å². The number of benzene rings is 1. The van der Waals surface area contributed by atoms with Gasteiger partial charge in [0.25, 0.3) is 0 Å². The summed E-state index contributed by atoms with van der Waals surface area (Å²) in [4.78, 5) is 15.1. The molecule has 0 bridgehead atoms. The normalized spacial score (nSPS) is 14.5. The SMILES string of the molecule is O=C([O-])c1cccc(Cc2cc(Cl)ccc2OCC2CCCCC2)n1.[Na+]. The van der Waals surface area contributed by atoms with E-state index in [0.29, 0.717) is 29.7 Å². The van der Waals surface area contributed by atoms with Crippen molar-refractivity contribution in [1.82, 2.24) is 4.98 Å². The van der Waals surface area contributed by atoms with Crippen LogP contribution in [0.25, 0.3) is 0 Å². The third-order valence-corrected chi connectivity index (χ3v) is 4.84. The molecule has 1 fully saturated rings. The number of hydrogen-bond donors (Lipinski definition) is 0. The summed E-state index contributed by atoms with van der Waals surface area (Å²) in [5.74, 6) is 0.120. The van der Waals surface area contributed by atoms with E-state index in [1.807, 2.05) is 18.2 Å². The van der Waals surface area contributed by atoms with Crippen LogP contribution < -0.4 is 39.4 Å². The maximum absolute atomic E-state index is 11.0. The maximum Gasteiger partial charge on any atom is 1.00 e. The van der Waals surface area contributed by atoms with Gasteiger partial charge >= 0.3 is 29.6 Å². The van der Waals surface area contributed by atoms with Crippen LogP contribution in [0.1, 0.15) is 53.8 Å². The van der Waals surface area contributed by atoms with Crippen LogP contribution in [-0.4, -0.2) is 17.6 Å². The van der Waals surface area contributed by atoms with Crippen LogP contribution >= 0.6 is 11.6 Å². The van der Waals surface area contributed by atoms with E-state index < -0.39 is 5.97 Å². The van der Waals surface area contributed by atoms with Crippen molar-refractivity contribution in [3.05, 3.63) is 58.4 Å². The van der Waals surface area contributed by atoms with Gasteiger partial charge in [0.2, 0.25) is 0 Å². The number of hydrogen-bond acceptors (Lipinski definition) is 4. The number of aromatic carboxylic acids is 1. The predicted octanol–water partition coefficient (Wildman–Crippen LogP) is 0.652. The first-order valence-electron chi connectivity index (χ1n) is 8.70. The van der Waals surface area contributed by atoms with Crippen LogP contribution in [0, 0.1) is 5.92 Å². The number of carboxylic acid groups (broad SMARTS) is 1. The molecule has 0 unspecified atom stereocenters. The molecule has 6 heteroatoms. The summed E-state index contributed by atoms with van der Waals surface area (Å²) < 4.78 is 6.07. The number of carboxylic acids is 1. The van der Waals surface area contributed by atoms with Crippen LogP contribution in [0.2, 0.25) is 5.02 Å². The Morgan fingerprint density at radius 3 is 2.69 bits per heavy atom. The van der Waals surface area contributed by atoms with Crippen LogP contribution in [0.4, 0.5) is 0 Å². The van der Waals surface area contributed by atoms with Gasteiger partial charge in [-0.2, -0.15) is 0 Å². The Hall–Kier alpha value is -1.07. The van der Waals surface area contributed by atoms with Crippen LogP contribution in [-0.2, 0) is 6.42 Å². The van der Waals surface area contributed by atoms with Crippen LogP contribution in [0.15, 0.2) is 36.4 Å². The number of ether oxygens (including phenoxy) is 1. The first kappa shape index (κ1) is 21.2. The van der Waals surface area contributed by atoms with Crippen LogP contribution in [0.5, 0.6) is 5.75 Å².